The van der Waals surface area contributed by atoms with Crippen LogP contribution in [0.4, 0.5) is 0 Å². The normalized spacial score (nSPS) is 13.2. The highest BCUT2D eigenvalue weighted by atomic mass is 16.5. The molecular formula is C16H22N2O2. The quantitative estimate of drug-likeness (QED) is 0.709. The summed E-state index contributed by atoms with van der Waals surface area (Å²) in [5.41, 5.74) is 6.48. The molecule has 0 radical (unpaired) electrons. The van der Waals surface area contributed by atoms with Crippen molar-refractivity contribution < 1.29 is 9.53 Å². The number of carbonyl (C=O) groups excluding carboxylic acids is 1. The first-order valence-corrected chi connectivity index (χ1v) is 6.76. The van der Waals surface area contributed by atoms with Crippen LogP contribution in [-0.2, 0) is 11.3 Å². The van der Waals surface area contributed by atoms with Crippen molar-refractivity contribution in [2.45, 2.75) is 32.9 Å². The summed E-state index contributed by atoms with van der Waals surface area (Å²) in [5.74, 6) is 3.05. The van der Waals surface area contributed by atoms with Gasteiger partial charge in [-0.25, -0.2) is 0 Å². The van der Waals surface area contributed by atoms with E-state index in [0.717, 1.165) is 17.7 Å². The van der Waals surface area contributed by atoms with Crippen LogP contribution in [0.2, 0.25) is 0 Å². The van der Waals surface area contributed by atoms with Gasteiger partial charge in [0.25, 0.3) is 0 Å². The fraction of sp³-hybridized carbons (Fsp3) is 0.438. The third-order valence-corrected chi connectivity index (χ3v) is 3.29. The zero-order valence-corrected chi connectivity index (χ0v) is 12.1. The summed E-state index contributed by atoms with van der Waals surface area (Å²) >= 11 is 0. The SMILES string of the molecule is C#CCOc1ccc(CN[C@@H](C(N)=O)[C@@H](C)CC)cc1. The second kappa shape index (κ2) is 8.23. The van der Waals surface area contributed by atoms with Crippen LogP contribution < -0.4 is 15.8 Å². The Balaban J connectivity index is 2.56. The molecule has 0 bridgehead atoms. The molecule has 3 N–H and O–H groups in total. The maximum atomic E-state index is 11.4. The van der Waals surface area contributed by atoms with E-state index >= 15 is 0 Å². The Morgan fingerprint density at radius 3 is 2.60 bits per heavy atom. The van der Waals surface area contributed by atoms with Gasteiger partial charge in [-0.2, -0.15) is 0 Å². The number of benzene rings is 1. The molecular weight excluding hydrogens is 252 g/mol. The number of hydrogen-bond donors (Lipinski definition) is 2. The Hall–Kier alpha value is -1.99. The highest BCUT2D eigenvalue weighted by molar-refractivity contribution is 5.80. The lowest BCUT2D eigenvalue weighted by Gasteiger charge is -2.21. The average Bonchev–Trinajstić information content (AvgIpc) is 2.45. The average molecular weight is 274 g/mol. The van der Waals surface area contributed by atoms with E-state index in [1.54, 1.807) is 0 Å². The van der Waals surface area contributed by atoms with Gasteiger partial charge in [0.05, 0.1) is 6.04 Å². The fourth-order valence-corrected chi connectivity index (χ4v) is 1.87. The Morgan fingerprint density at radius 2 is 2.10 bits per heavy atom. The molecule has 0 aromatic heterocycles. The number of carbonyl (C=O) groups is 1. The Bertz CT molecular complexity index is 462. The van der Waals surface area contributed by atoms with E-state index in [1.165, 1.54) is 0 Å². The van der Waals surface area contributed by atoms with Crippen molar-refractivity contribution in [3.63, 3.8) is 0 Å². The monoisotopic (exact) mass is 274 g/mol. The lowest BCUT2D eigenvalue weighted by Crippen LogP contribution is -2.45. The van der Waals surface area contributed by atoms with Gasteiger partial charge < -0.3 is 15.8 Å². The van der Waals surface area contributed by atoms with Crippen molar-refractivity contribution in [3.8, 4) is 18.1 Å². The lowest BCUT2D eigenvalue weighted by atomic mass is 9.98. The molecule has 0 aliphatic rings. The van der Waals surface area contributed by atoms with Crippen LogP contribution in [0.1, 0.15) is 25.8 Å². The smallest absolute Gasteiger partial charge is 0.234 e. The molecule has 0 saturated carbocycles. The van der Waals surface area contributed by atoms with Gasteiger partial charge in [0.2, 0.25) is 5.91 Å². The molecule has 1 rings (SSSR count). The summed E-state index contributed by atoms with van der Waals surface area (Å²) in [6.07, 6.45) is 6.03. The van der Waals surface area contributed by atoms with Gasteiger partial charge in [-0.1, -0.05) is 38.3 Å². The minimum absolute atomic E-state index is 0.214. The molecule has 0 heterocycles. The number of rotatable bonds is 8. The molecule has 108 valence electrons. The van der Waals surface area contributed by atoms with Crippen LogP contribution in [0.3, 0.4) is 0 Å². The van der Waals surface area contributed by atoms with Gasteiger partial charge in [-0.05, 0) is 23.6 Å². The summed E-state index contributed by atoms with van der Waals surface area (Å²) in [7, 11) is 0. The zero-order valence-electron chi connectivity index (χ0n) is 12.1. The van der Waals surface area contributed by atoms with E-state index in [1.807, 2.05) is 38.1 Å². The summed E-state index contributed by atoms with van der Waals surface area (Å²) in [4.78, 5) is 11.4. The van der Waals surface area contributed by atoms with E-state index in [4.69, 9.17) is 16.9 Å². The molecule has 0 unspecified atom stereocenters. The minimum Gasteiger partial charge on any atom is -0.481 e. The van der Waals surface area contributed by atoms with Crippen LogP contribution in [0, 0.1) is 18.3 Å². The number of nitrogens with two attached hydrogens (primary N) is 1. The van der Waals surface area contributed by atoms with Crippen molar-refractivity contribution in [2.75, 3.05) is 6.61 Å². The highest BCUT2D eigenvalue weighted by Crippen LogP contribution is 2.13. The van der Waals surface area contributed by atoms with Crippen LogP contribution in [0.15, 0.2) is 24.3 Å². The van der Waals surface area contributed by atoms with Gasteiger partial charge in [-0.3, -0.25) is 4.79 Å². The number of hydrogen-bond acceptors (Lipinski definition) is 3. The Morgan fingerprint density at radius 1 is 1.45 bits per heavy atom. The summed E-state index contributed by atoms with van der Waals surface area (Å²) in [5, 5.41) is 3.20. The topological polar surface area (TPSA) is 64.3 Å². The summed E-state index contributed by atoms with van der Waals surface area (Å²) in [6, 6.07) is 7.28. The third-order valence-electron chi connectivity index (χ3n) is 3.29. The predicted octanol–water partition coefficient (Wildman–Crippen LogP) is 1.69. The standard InChI is InChI=1S/C16H22N2O2/c1-4-10-20-14-8-6-13(7-9-14)11-18-15(16(17)19)12(3)5-2/h1,6-9,12,15,18H,5,10-11H2,2-3H3,(H2,17,19)/t12-,15+/m0/s1. The number of primary amides is 1. The molecule has 0 aliphatic carbocycles. The lowest BCUT2D eigenvalue weighted by molar-refractivity contribution is -0.121. The van der Waals surface area contributed by atoms with Crippen LogP contribution in [-0.4, -0.2) is 18.6 Å². The minimum atomic E-state index is -0.312. The van der Waals surface area contributed by atoms with Crippen molar-refractivity contribution in [2.24, 2.45) is 11.7 Å². The zero-order chi connectivity index (χ0) is 15.0. The van der Waals surface area contributed by atoms with Gasteiger partial charge in [0.15, 0.2) is 0 Å². The predicted molar refractivity (Wildman–Crippen MR) is 80.0 cm³/mol. The van der Waals surface area contributed by atoms with Crippen LogP contribution in [0.25, 0.3) is 0 Å². The number of terminal acetylenes is 1. The van der Waals surface area contributed by atoms with E-state index in [-0.39, 0.29) is 24.5 Å². The number of amides is 1. The first-order valence-electron chi connectivity index (χ1n) is 6.76. The molecule has 0 spiro atoms. The molecule has 1 amide bonds. The maximum Gasteiger partial charge on any atom is 0.234 e. The molecule has 1 aromatic carbocycles. The van der Waals surface area contributed by atoms with Crippen molar-refractivity contribution in [3.05, 3.63) is 29.8 Å². The molecule has 4 heteroatoms. The Labute approximate surface area is 120 Å². The maximum absolute atomic E-state index is 11.4. The third kappa shape index (κ3) is 4.94. The van der Waals surface area contributed by atoms with Gasteiger partial charge >= 0.3 is 0 Å². The second-order valence-corrected chi connectivity index (χ2v) is 4.78. The molecule has 0 fully saturated rings. The second-order valence-electron chi connectivity index (χ2n) is 4.78. The van der Waals surface area contributed by atoms with E-state index in [0.29, 0.717) is 6.54 Å². The van der Waals surface area contributed by atoms with Crippen LogP contribution in [0.5, 0.6) is 5.75 Å². The van der Waals surface area contributed by atoms with Crippen molar-refractivity contribution in [1.82, 2.24) is 5.32 Å². The molecule has 2 atom stereocenters. The molecule has 0 aliphatic heterocycles. The van der Waals surface area contributed by atoms with Gasteiger partial charge in [0, 0.05) is 6.54 Å². The van der Waals surface area contributed by atoms with Crippen LogP contribution >= 0.6 is 0 Å². The molecule has 1 aromatic rings. The van der Waals surface area contributed by atoms with Gasteiger partial charge in [-0.15, -0.1) is 6.42 Å². The summed E-state index contributed by atoms with van der Waals surface area (Å²) in [6.45, 7) is 4.90. The molecule has 4 nitrogen and oxygen atoms in total. The largest absolute Gasteiger partial charge is 0.481 e. The first kappa shape index (κ1) is 16.1. The summed E-state index contributed by atoms with van der Waals surface area (Å²) < 4.78 is 5.30. The van der Waals surface area contributed by atoms with E-state index in [2.05, 4.69) is 11.2 Å². The molecule has 20 heavy (non-hydrogen) atoms. The van der Waals surface area contributed by atoms with E-state index < -0.39 is 0 Å². The Kier molecular flexibility index (Phi) is 6.61. The van der Waals surface area contributed by atoms with E-state index in [9.17, 15) is 4.79 Å². The van der Waals surface area contributed by atoms with Gasteiger partial charge in [0.1, 0.15) is 12.4 Å². The van der Waals surface area contributed by atoms with Crippen molar-refractivity contribution in [1.29, 1.82) is 0 Å². The number of ether oxygens (including phenoxy) is 1. The highest BCUT2D eigenvalue weighted by Gasteiger charge is 2.20. The fourth-order valence-electron chi connectivity index (χ4n) is 1.87. The van der Waals surface area contributed by atoms with Crippen molar-refractivity contribution >= 4 is 5.91 Å². The first-order chi connectivity index (χ1) is 9.58. The number of nitrogens with one attached hydrogen (secondary N) is 1. The molecule has 0 saturated heterocycles.